The van der Waals surface area contributed by atoms with E-state index in [-0.39, 0.29) is 28.6 Å². The maximum atomic E-state index is 13.7. The molecule has 158 valence electrons. The summed E-state index contributed by atoms with van der Waals surface area (Å²) in [5, 5.41) is 12.1. The Morgan fingerprint density at radius 1 is 1.19 bits per heavy atom. The summed E-state index contributed by atoms with van der Waals surface area (Å²) in [5.41, 5.74) is 1.45. The van der Waals surface area contributed by atoms with Gasteiger partial charge >= 0.3 is 0 Å². The Kier molecular flexibility index (Phi) is 4.93. The Labute approximate surface area is 177 Å². The number of hydrogen-bond acceptors (Lipinski definition) is 5. The Morgan fingerprint density at radius 2 is 1.97 bits per heavy atom. The van der Waals surface area contributed by atoms with E-state index in [0.29, 0.717) is 18.1 Å². The number of rotatable bonds is 4. The number of phenolic OH excluding ortho intramolecular Hbond substituents is 1. The first-order chi connectivity index (χ1) is 14.7. The molecule has 1 amide bonds. The number of carbonyl (C=O) groups is 2. The molecule has 8 heteroatoms. The van der Waals surface area contributed by atoms with Crippen LogP contribution in [0.3, 0.4) is 0 Å². The fraction of sp³-hybridized carbons (Fsp3) is 0.174. The zero-order chi connectivity index (χ0) is 22.3. The standard InChI is InChI=1S/C23H19F2N3O3/c1-23(2)12-28(19-5-3-15(24)9-17(19)23)20-6-4-16(10-26-20)27-22(31)13-7-14(11-29)21(30)18(25)8-13/h3-11,30H,12H2,1-2H3,(H,27,31). The van der Waals surface area contributed by atoms with Gasteiger partial charge in [-0.2, -0.15) is 0 Å². The average molecular weight is 423 g/mol. The van der Waals surface area contributed by atoms with Crippen molar-refractivity contribution in [2.24, 2.45) is 0 Å². The Bertz CT molecular complexity index is 1190. The van der Waals surface area contributed by atoms with Gasteiger partial charge in [0.2, 0.25) is 0 Å². The molecular formula is C23H19F2N3O3. The minimum Gasteiger partial charge on any atom is -0.504 e. The number of benzene rings is 2. The molecule has 31 heavy (non-hydrogen) atoms. The van der Waals surface area contributed by atoms with Gasteiger partial charge in [-0.15, -0.1) is 0 Å². The minimum atomic E-state index is -1.06. The molecule has 0 atom stereocenters. The van der Waals surface area contributed by atoms with Crippen molar-refractivity contribution >= 4 is 29.4 Å². The van der Waals surface area contributed by atoms with E-state index in [9.17, 15) is 23.5 Å². The van der Waals surface area contributed by atoms with Crippen LogP contribution in [0.4, 0.5) is 26.0 Å². The van der Waals surface area contributed by atoms with Crippen molar-refractivity contribution < 1.29 is 23.5 Å². The van der Waals surface area contributed by atoms with Gasteiger partial charge in [-0.25, -0.2) is 13.8 Å². The molecule has 6 nitrogen and oxygen atoms in total. The summed E-state index contributed by atoms with van der Waals surface area (Å²) >= 11 is 0. The zero-order valence-corrected chi connectivity index (χ0v) is 16.8. The molecule has 2 aromatic carbocycles. The van der Waals surface area contributed by atoms with E-state index in [1.165, 1.54) is 18.3 Å². The van der Waals surface area contributed by atoms with Crippen LogP contribution in [0.25, 0.3) is 0 Å². The molecule has 0 saturated carbocycles. The Morgan fingerprint density at radius 3 is 2.65 bits per heavy atom. The van der Waals surface area contributed by atoms with E-state index in [2.05, 4.69) is 10.3 Å². The average Bonchev–Trinajstić information content (AvgIpc) is 3.00. The normalized spacial score (nSPS) is 14.3. The first kappa shape index (κ1) is 20.5. The predicted molar refractivity (Wildman–Crippen MR) is 112 cm³/mol. The van der Waals surface area contributed by atoms with Gasteiger partial charge in [0.15, 0.2) is 17.9 Å². The number of anilines is 3. The van der Waals surface area contributed by atoms with Gasteiger partial charge in [0, 0.05) is 23.2 Å². The summed E-state index contributed by atoms with van der Waals surface area (Å²) in [6, 6.07) is 9.98. The maximum Gasteiger partial charge on any atom is 0.255 e. The lowest BCUT2D eigenvalue weighted by molar-refractivity contribution is 0.102. The lowest BCUT2D eigenvalue weighted by Crippen LogP contribution is -2.25. The van der Waals surface area contributed by atoms with Crippen LogP contribution < -0.4 is 10.2 Å². The molecule has 2 heterocycles. The van der Waals surface area contributed by atoms with Crippen molar-refractivity contribution in [3.05, 3.63) is 77.0 Å². The SMILES string of the molecule is CC1(C)CN(c2ccc(NC(=O)c3cc(F)c(O)c(C=O)c3)cn2)c2ccc(F)cc21. The third kappa shape index (κ3) is 3.72. The number of phenols is 1. The fourth-order valence-electron chi connectivity index (χ4n) is 3.72. The number of carbonyl (C=O) groups excluding carboxylic acids is 2. The summed E-state index contributed by atoms with van der Waals surface area (Å²) in [7, 11) is 0. The van der Waals surface area contributed by atoms with E-state index in [1.54, 1.807) is 18.2 Å². The topological polar surface area (TPSA) is 82.5 Å². The molecule has 2 N–H and O–H groups in total. The van der Waals surface area contributed by atoms with Gasteiger partial charge in [-0.05, 0) is 48.0 Å². The van der Waals surface area contributed by atoms with Crippen LogP contribution in [-0.4, -0.2) is 28.8 Å². The molecule has 1 aromatic heterocycles. The molecular weight excluding hydrogens is 404 g/mol. The number of fused-ring (bicyclic) bond motifs is 1. The maximum absolute atomic E-state index is 13.7. The molecule has 0 aliphatic carbocycles. The fourth-order valence-corrected chi connectivity index (χ4v) is 3.72. The largest absolute Gasteiger partial charge is 0.504 e. The van der Waals surface area contributed by atoms with Crippen LogP contribution >= 0.6 is 0 Å². The number of aldehydes is 1. The van der Waals surface area contributed by atoms with E-state index in [4.69, 9.17) is 0 Å². The van der Waals surface area contributed by atoms with Crippen molar-refractivity contribution in [3.63, 3.8) is 0 Å². The van der Waals surface area contributed by atoms with Gasteiger partial charge in [-0.1, -0.05) is 13.8 Å². The van der Waals surface area contributed by atoms with Gasteiger partial charge in [0.25, 0.3) is 5.91 Å². The Hall–Kier alpha value is -3.81. The van der Waals surface area contributed by atoms with Crippen molar-refractivity contribution in [2.75, 3.05) is 16.8 Å². The first-order valence-electron chi connectivity index (χ1n) is 9.52. The van der Waals surface area contributed by atoms with Gasteiger partial charge in [-0.3, -0.25) is 9.59 Å². The second-order valence-corrected chi connectivity index (χ2v) is 8.00. The molecule has 3 aromatic rings. The van der Waals surface area contributed by atoms with E-state index >= 15 is 0 Å². The number of hydrogen-bond donors (Lipinski definition) is 2. The molecule has 0 saturated heterocycles. The van der Waals surface area contributed by atoms with E-state index < -0.39 is 17.5 Å². The summed E-state index contributed by atoms with van der Waals surface area (Å²) in [6.45, 7) is 4.68. The number of pyridine rings is 1. The van der Waals surface area contributed by atoms with Crippen molar-refractivity contribution in [1.82, 2.24) is 4.98 Å². The summed E-state index contributed by atoms with van der Waals surface area (Å²) in [5.74, 6) is -2.17. The van der Waals surface area contributed by atoms with Crippen LogP contribution in [0, 0.1) is 11.6 Å². The summed E-state index contributed by atoms with van der Waals surface area (Å²) in [6.07, 6.45) is 1.73. The lowest BCUT2D eigenvalue weighted by Gasteiger charge is -2.21. The third-order valence-corrected chi connectivity index (χ3v) is 5.30. The second-order valence-electron chi connectivity index (χ2n) is 8.00. The molecule has 0 radical (unpaired) electrons. The van der Waals surface area contributed by atoms with Crippen LogP contribution in [0.1, 0.15) is 40.1 Å². The van der Waals surface area contributed by atoms with Crippen LogP contribution in [-0.2, 0) is 5.41 Å². The second kappa shape index (κ2) is 7.46. The number of nitrogens with one attached hydrogen (secondary N) is 1. The third-order valence-electron chi connectivity index (χ3n) is 5.30. The highest BCUT2D eigenvalue weighted by molar-refractivity contribution is 6.05. The van der Waals surface area contributed by atoms with E-state index in [0.717, 1.165) is 23.4 Å². The smallest absolute Gasteiger partial charge is 0.255 e. The number of amides is 1. The number of nitrogens with zero attached hydrogens (tertiary/aromatic N) is 2. The minimum absolute atomic E-state index is 0.112. The molecule has 0 spiro atoms. The molecule has 1 aliphatic rings. The lowest BCUT2D eigenvalue weighted by atomic mass is 9.87. The van der Waals surface area contributed by atoms with Crippen LogP contribution in [0.5, 0.6) is 5.75 Å². The van der Waals surface area contributed by atoms with Crippen molar-refractivity contribution in [3.8, 4) is 5.75 Å². The van der Waals surface area contributed by atoms with Gasteiger partial charge in [0.1, 0.15) is 11.6 Å². The van der Waals surface area contributed by atoms with Crippen molar-refractivity contribution in [2.45, 2.75) is 19.3 Å². The number of halogens is 2. The van der Waals surface area contributed by atoms with Crippen LogP contribution in [0.2, 0.25) is 0 Å². The van der Waals surface area contributed by atoms with Crippen LogP contribution in [0.15, 0.2) is 48.7 Å². The van der Waals surface area contributed by atoms with Crippen molar-refractivity contribution in [1.29, 1.82) is 0 Å². The summed E-state index contributed by atoms with van der Waals surface area (Å²) in [4.78, 5) is 29.7. The van der Waals surface area contributed by atoms with Gasteiger partial charge < -0.3 is 15.3 Å². The highest BCUT2D eigenvalue weighted by Crippen LogP contribution is 2.43. The highest BCUT2D eigenvalue weighted by atomic mass is 19.1. The molecule has 0 unspecified atom stereocenters. The molecule has 4 rings (SSSR count). The summed E-state index contributed by atoms with van der Waals surface area (Å²) < 4.78 is 27.4. The van der Waals surface area contributed by atoms with E-state index in [1.807, 2.05) is 18.7 Å². The quantitative estimate of drug-likeness (QED) is 0.601. The first-order valence-corrected chi connectivity index (χ1v) is 9.52. The molecule has 0 bridgehead atoms. The zero-order valence-electron chi connectivity index (χ0n) is 16.8. The highest BCUT2D eigenvalue weighted by Gasteiger charge is 2.36. The number of aromatic nitrogens is 1. The molecule has 1 aliphatic heterocycles. The number of aromatic hydroxyl groups is 1. The predicted octanol–water partition coefficient (Wildman–Crippen LogP) is 4.56. The van der Waals surface area contributed by atoms with Gasteiger partial charge in [0.05, 0.1) is 17.4 Å². The Balaban J connectivity index is 1.56. The molecule has 0 fully saturated rings. The monoisotopic (exact) mass is 423 g/mol.